The number of hydrogen-bond donors (Lipinski definition) is 1. The first kappa shape index (κ1) is 15.5. The molecule has 2 aromatic heterocycles. The zero-order valence-corrected chi connectivity index (χ0v) is 14.1. The first-order valence-electron chi connectivity index (χ1n) is 8.67. The lowest BCUT2D eigenvalue weighted by Gasteiger charge is -2.33. The molecule has 1 aliphatic heterocycles. The molecule has 0 aromatic carbocycles. The van der Waals surface area contributed by atoms with Crippen LogP contribution in [0, 0.1) is 0 Å². The summed E-state index contributed by atoms with van der Waals surface area (Å²) in [5, 5.41) is 4.15. The fraction of sp³-hybridized carbons (Fsp3) is 0.588. The molecule has 0 amide bonds. The van der Waals surface area contributed by atoms with Crippen LogP contribution in [0.5, 0.6) is 0 Å². The Morgan fingerprint density at radius 1 is 1.17 bits per heavy atom. The lowest BCUT2D eigenvalue weighted by atomic mass is 9.99. The number of piperazine rings is 1. The molecule has 0 bridgehead atoms. The molecule has 0 atom stereocenters. The molecule has 1 saturated heterocycles. The van der Waals surface area contributed by atoms with Crippen molar-refractivity contribution in [3.05, 3.63) is 24.2 Å². The van der Waals surface area contributed by atoms with Crippen molar-refractivity contribution in [2.45, 2.75) is 31.2 Å². The van der Waals surface area contributed by atoms with E-state index in [1.54, 1.807) is 6.20 Å². The van der Waals surface area contributed by atoms with Crippen molar-refractivity contribution >= 4 is 5.82 Å². The van der Waals surface area contributed by atoms with Crippen LogP contribution in [0.4, 0.5) is 5.82 Å². The van der Waals surface area contributed by atoms with Gasteiger partial charge in [-0.2, -0.15) is 4.98 Å². The maximum atomic E-state index is 6.42. The van der Waals surface area contributed by atoms with Crippen LogP contribution >= 0.6 is 0 Å². The highest BCUT2D eigenvalue weighted by molar-refractivity contribution is 5.58. The first-order chi connectivity index (χ1) is 11.6. The topological polar surface area (TPSA) is 84.3 Å². The van der Waals surface area contributed by atoms with E-state index in [4.69, 9.17) is 10.3 Å². The average Bonchev–Trinajstić information content (AvgIpc) is 3.26. The van der Waals surface area contributed by atoms with E-state index in [2.05, 4.69) is 32.0 Å². The summed E-state index contributed by atoms with van der Waals surface area (Å²) in [5.41, 5.74) is 6.90. The van der Waals surface area contributed by atoms with E-state index in [0.717, 1.165) is 63.2 Å². The van der Waals surface area contributed by atoms with E-state index in [1.165, 1.54) is 0 Å². The van der Waals surface area contributed by atoms with Crippen LogP contribution in [0.2, 0.25) is 0 Å². The molecule has 7 heteroatoms. The lowest BCUT2D eigenvalue weighted by Crippen LogP contribution is -2.44. The molecule has 4 rings (SSSR count). The quantitative estimate of drug-likeness (QED) is 0.916. The molecule has 1 aliphatic carbocycles. The second-order valence-corrected chi connectivity index (χ2v) is 6.98. The van der Waals surface area contributed by atoms with Gasteiger partial charge in [0.1, 0.15) is 5.82 Å². The van der Waals surface area contributed by atoms with Gasteiger partial charge in [0, 0.05) is 37.9 Å². The smallest absolute Gasteiger partial charge is 0.258 e. The number of hydrogen-bond acceptors (Lipinski definition) is 7. The normalized spacial score (nSPS) is 21.3. The minimum Gasteiger partial charge on any atom is -0.354 e. The van der Waals surface area contributed by atoms with Crippen molar-refractivity contribution in [3.63, 3.8) is 0 Å². The third-order valence-corrected chi connectivity index (χ3v) is 5.19. The van der Waals surface area contributed by atoms with E-state index < -0.39 is 5.54 Å². The van der Waals surface area contributed by atoms with Gasteiger partial charge in [0.25, 0.3) is 5.89 Å². The van der Waals surface area contributed by atoms with E-state index in [-0.39, 0.29) is 0 Å². The Morgan fingerprint density at radius 3 is 2.67 bits per heavy atom. The van der Waals surface area contributed by atoms with Crippen LogP contribution < -0.4 is 10.6 Å². The van der Waals surface area contributed by atoms with Gasteiger partial charge in [-0.1, -0.05) is 18.0 Å². The second-order valence-electron chi connectivity index (χ2n) is 6.98. The fourth-order valence-corrected chi connectivity index (χ4v) is 3.53. The molecule has 0 spiro atoms. The van der Waals surface area contributed by atoms with Crippen molar-refractivity contribution in [1.82, 2.24) is 20.0 Å². The molecule has 2 aromatic rings. The number of pyridine rings is 1. The van der Waals surface area contributed by atoms with E-state index in [0.29, 0.717) is 11.7 Å². The molecule has 2 N–H and O–H groups in total. The van der Waals surface area contributed by atoms with Gasteiger partial charge in [-0.25, -0.2) is 4.98 Å². The molecule has 24 heavy (non-hydrogen) atoms. The molecule has 2 fully saturated rings. The maximum absolute atomic E-state index is 6.42. The predicted molar refractivity (Wildman–Crippen MR) is 91.6 cm³/mol. The van der Waals surface area contributed by atoms with Crippen LogP contribution in [0.1, 0.15) is 31.5 Å². The Balaban J connectivity index is 1.56. The number of likely N-dealkylation sites (N-methyl/N-ethyl adjacent to an activating group) is 1. The van der Waals surface area contributed by atoms with E-state index in [1.807, 2.05) is 12.1 Å². The van der Waals surface area contributed by atoms with Crippen molar-refractivity contribution in [3.8, 4) is 11.5 Å². The number of anilines is 1. The Morgan fingerprint density at radius 2 is 1.92 bits per heavy atom. The summed E-state index contributed by atoms with van der Waals surface area (Å²) in [5.74, 6) is 2.12. The largest absolute Gasteiger partial charge is 0.354 e. The number of aromatic nitrogens is 3. The maximum Gasteiger partial charge on any atom is 0.258 e. The highest BCUT2D eigenvalue weighted by atomic mass is 16.5. The van der Waals surface area contributed by atoms with Crippen LogP contribution in [0.3, 0.4) is 0 Å². The van der Waals surface area contributed by atoms with Gasteiger partial charge < -0.3 is 20.1 Å². The zero-order chi connectivity index (χ0) is 16.6. The van der Waals surface area contributed by atoms with Crippen molar-refractivity contribution < 1.29 is 4.52 Å². The summed E-state index contributed by atoms with van der Waals surface area (Å²) < 4.78 is 5.49. The molecular formula is C17H24N6O. The minimum absolute atomic E-state index is 0.422. The second kappa shape index (κ2) is 6.14. The average molecular weight is 328 g/mol. The van der Waals surface area contributed by atoms with Gasteiger partial charge in [-0.15, -0.1) is 0 Å². The van der Waals surface area contributed by atoms with E-state index in [9.17, 15) is 0 Å². The molecule has 0 radical (unpaired) electrons. The van der Waals surface area contributed by atoms with Crippen LogP contribution in [0.15, 0.2) is 22.9 Å². The third kappa shape index (κ3) is 2.89. The highest BCUT2D eigenvalue weighted by Gasteiger charge is 2.36. The van der Waals surface area contributed by atoms with Gasteiger partial charge in [-0.3, -0.25) is 0 Å². The van der Waals surface area contributed by atoms with Gasteiger partial charge >= 0.3 is 0 Å². The SMILES string of the molecule is CN1CCN(c2cc(-c3nc(C4(N)CCCC4)no3)ccn2)CC1. The Labute approximate surface area is 141 Å². The van der Waals surface area contributed by atoms with Crippen LogP contribution in [-0.4, -0.2) is 53.3 Å². The Bertz CT molecular complexity index is 701. The number of nitrogens with zero attached hydrogens (tertiary/aromatic N) is 5. The van der Waals surface area contributed by atoms with Gasteiger partial charge in [0.05, 0.1) is 5.54 Å². The Hall–Kier alpha value is -1.99. The first-order valence-corrected chi connectivity index (χ1v) is 8.67. The molecule has 1 saturated carbocycles. The lowest BCUT2D eigenvalue weighted by molar-refractivity contribution is 0.312. The van der Waals surface area contributed by atoms with Crippen LogP contribution in [0.25, 0.3) is 11.5 Å². The standard InChI is InChI=1S/C17H24N6O/c1-22-8-10-23(11-9-22)14-12-13(4-7-19-14)15-20-16(21-24-15)17(18)5-2-3-6-17/h4,7,12H,2-3,5-6,8-11,18H2,1H3. The minimum atomic E-state index is -0.422. The summed E-state index contributed by atoms with van der Waals surface area (Å²) in [6.07, 6.45) is 5.91. The fourth-order valence-electron chi connectivity index (χ4n) is 3.53. The molecule has 3 heterocycles. The van der Waals surface area contributed by atoms with Crippen molar-refractivity contribution in [2.24, 2.45) is 5.73 Å². The molecule has 128 valence electrons. The third-order valence-electron chi connectivity index (χ3n) is 5.19. The number of rotatable bonds is 3. The summed E-state index contributed by atoms with van der Waals surface area (Å²) in [7, 11) is 2.15. The van der Waals surface area contributed by atoms with Crippen molar-refractivity contribution in [1.29, 1.82) is 0 Å². The Kier molecular flexibility index (Phi) is 3.97. The van der Waals surface area contributed by atoms with Gasteiger partial charge in [0.2, 0.25) is 0 Å². The van der Waals surface area contributed by atoms with Crippen molar-refractivity contribution in [2.75, 3.05) is 38.1 Å². The van der Waals surface area contributed by atoms with E-state index >= 15 is 0 Å². The summed E-state index contributed by atoms with van der Waals surface area (Å²) in [6, 6.07) is 3.94. The zero-order valence-electron chi connectivity index (χ0n) is 14.1. The summed E-state index contributed by atoms with van der Waals surface area (Å²) in [6.45, 7) is 4.06. The highest BCUT2D eigenvalue weighted by Crippen LogP contribution is 2.35. The number of nitrogens with two attached hydrogens (primary N) is 1. The monoisotopic (exact) mass is 328 g/mol. The van der Waals surface area contributed by atoms with Crippen LogP contribution in [-0.2, 0) is 5.54 Å². The van der Waals surface area contributed by atoms with Gasteiger partial charge in [0.15, 0.2) is 5.82 Å². The molecule has 7 nitrogen and oxygen atoms in total. The molecular weight excluding hydrogens is 304 g/mol. The summed E-state index contributed by atoms with van der Waals surface area (Å²) in [4.78, 5) is 13.7. The summed E-state index contributed by atoms with van der Waals surface area (Å²) >= 11 is 0. The predicted octanol–water partition coefficient (Wildman–Crippen LogP) is 1.61. The molecule has 2 aliphatic rings. The molecule has 0 unspecified atom stereocenters. The van der Waals surface area contributed by atoms with Gasteiger partial charge in [-0.05, 0) is 32.0 Å².